The Kier molecular flexibility index (Phi) is 2.98. The molecule has 1 N–H and O–H groups in total. The van der Waals surface area contributed by atoms with E-state index < -0.39 is 0 Å². The van der Waals surface area contributed by atoms with Crippen molar-refractivity contribution in [3.63, 3.8) is 0 Å². The van der Waals surface area contributed by atoms with E-state index >= 15 is 0 Å². The van der Waals surface area contributed by atoms with Crippen molar-refractivity contribution >= 4 is 29.1 Å². The van der Waals surface area contributed by atoms with Gasteiger partial charge in [0.05, 0.1) is 29.4 Å². The maximum atomic E-state index is 11.3. The first-order valence-corrected chi connectivity index (χ1v) is 5.26. The average Bonchev–Trinajstić information content (AvgIpc) is 2.27. The Balaban J connectivity index is 2.40. The van der Waals surface area contributed by atoms with Crippen molar-refractivity contribution in [2.24, 2.45) is 0 Å². The molecule has 1 heterocycles. The summed E-state index contributed by atoms with van der Waals surface area (Å²) in [7, 11) is 0. The molecule has 0 bridgehead atoms. The molecule has 1 aromatic carbocycles. The summed E-state index contributed by atoms with van der Waals surface area (Å²) in [5, 5.41) is 11.5. The van der Waals surface area contributed by atoms with Crippen LogP contribution in [-0.4, -0.2) is 24.9 Å². The molecule has 1 fully saturated rings. The standard InChI is InChI=1S/C11H8ClN3O2/c12-8-2-1-3-9(7(8)4-13)15-5-10(16)14-11(17)6-15/h1-3H,5-6H2,(H,14,16,17). The third-order valence-electron chi connectivity index (χ3n) is 2.39. The van der Waals surface area contributed by atoms with E-state index in [4.69, 9.17) is 16.9 Å². The lowest BCUT2D eigenvalue weighted by molar-refractivity contribution is -0.130. The number of hydrogen-bond acceptors (Lipinski definition) is 4. The highest BCUT2D eigenvalue weighted by atomic mass is 35.5. The number of benzene rings is 1. The van der Waals surface area contributed by atoms with Crippen LogP contribution in [0.5, 0.6) is 0 Å². The monoisotopic (exact) mass is 249 g/mol. The molecule has 1 saturated heterocycles. The van der Waals surface area contributed by atoms with E-state index in [2.05, 4.69) is 5.32 Å². The Morgan fingerprint density at radius 1 is 1.29 bits per heavy atom. The molecule has 86 valence electrons. The van der Waals surface area contributed by atoms with Gasteiger partial charge in [-0.1, -0.05) is 17.7 Å². The molecule has 0 spiro atoms. The van der Waals surface area contributed by atoms with Gasteiger partial charge in [0.15, 0.2) is 0 Å². The molecule has 0 radical (unpaired) electrons. The topological polar surface area (TPSA) is 73.2 Å². The Morgan fingerprint density at radius 2 is 1.94 bits per heavy atom. The van der Waals surface area contributed by atoms with Gasteiger partial charge in [-0.3, -0.25) is 14.9 Å². The third-order valence-corrected chi connectivity index (χ3v) is 2.71. The summed E-state index contributed by atoms with van der Waals surface area (Å²) < 4.78 is 0. The van der Waals surface area contributed by atoms with Crippen molar-refractivity contribution in [3.05, 3.63) is 28.8 Å². The summed E-state index contributed by atoms with van der Waals surface area (Å²) in [6, 6.07) is 6.91. The summed E-state index contributed by atoms with van der Waals surface area (Å²) in [5.74, 6) is -0.768. The highest BCUT2D eigenvalue weighted by Crippen LogP contribution is 2.26. The molecule has 2 amide bonds. The molecule has 1 aromatic rings. The zero-order chi connectivity index (χ0) is 12.4. The van der Waals surface area contributed by atoms with E-state index in [0.717, 1.165) is 0 Å². The van der Waals surface area contributed by atoms with E-state index in [1.807, 2.05) is 6.07 Å². The molecule has 1 aliphatic rings. The van der Waals surface area contributed by atoms with Crippen LogP contribution >= 0.6 is 11.6 Å². The molecule has 5 nitrogen and oxygen atoms in total. The molecule has 0 saturated carbocycles. The highest BCUT2D eigenvalue weighted by molar-refractivity contribution is 6.32. The minimum absolute atomic E-state index is 0.0424. The van der Waals surface area contributed by atoms with Crippen molar-refractivity contribution in [2.45, 2.75) is 0 Å². The summed E-state index contributed by atoms with van der Waals surface area (Å²) in [6.45, 7) is 0.0848. The fourth-order valence-corrected chi connectivity index (χ4v) is 1.91. The SMILES string of the molecule is N#Cc1c(Cl)cccc1N1CC(=O)NC(=O)C1. The van der Waals surface area contributed by atoms with Gasteiger partial charge < -0.3 is 4.90 Å². The Labute approximate surface area is 103 Å². The van der Waals surface area contributed by atoms with Crippen LogP contribution in [0.4, 0.5) is 5.69 Å². The first-order valence-electron chi connectivity index (χ1n) is 4.88. The number of anilines is 1. The lowest BCUT2D eigenvalue weighted by Crippen LogP contribution is -2.51. The highest BCUT2D eigenvalue weighted by Gasteiger charge is 2.24. The van der Waals surface area contributed by atoms with Crippen LogP contribution < -0.4 is 10.2 Å². The zero-order valence-corrected chi connectivity index (χ0v) is 9.49. The second-order valence-corrected chi connectivity index (χ2v) is 3.98. The van der Waals surface area contributed by atoms with Crippen molar-refractivity contribution in [2.75, 3.05) is 18.0 Å². The lowest BCUT2D eigenvalue weighted by Gasteiger charge is -2.28. The predicted octanol–water partition coefficient (Wildman–Crippen LogP) is 0.674. The molecule has 0 aliphatic carbocycles. The van der Waals surface area contributed by atoms with Gasteiger partial charge >= 0.3 is 0 Å². The maximum Gasteiger partial charge on any atom is 0.246 e. The zero-order valence-electron chi connectivity index (χ0n) is 8.74. The van der Waals surface area contributed by atoms with Crippen LogP contribution in [0, 0.1) is 11.3 Å². The fourth-order valence-electron chi connectivity index (χ4n) is 1.69. The van der Waals surface area contributed by atoms with E-state index in [-0.39, 0.29) is 30.5 Å². The van der Waals surface area contributed by atoms with Crippen LogP contribution in [0.2, 0.25) is 5.02 Å². The van der Waals surface area contributed by atoms with E-state index in [0.29, 0.717) is 10.7 Å². The van der Waals surface area contributed by atoms with Crippen molar-refractivity contribution in [3.8, 4) is 6.07 Å². The Bertz CT molecular complexity index is 520. The quantitative estimate of drug-likeness (QED) is 0.743. The van der Waals surface area contributed by atoms with Crippen molar-refractivity contribution in [1.29, 1.82) is 5.26 Å². The summed E-state index contributed by atoms with van der Waals surface area (Å²) in [4.78, 5) is 24.0. The Morgan fingerprint density at radius 3 is 2.53 bits per heavy atom. The summed E-state index contributed by atoms with van der Waals surface area (Å²) in [5.41, 5.74) is 0.778. The first-order chi connectivity index (χ1) is 8.11. The lowest BCUT2D eigenvalue weighted by atomic mass is 10.1. The van der Waals surface area contributed by atoms with Crippen LogP contribution in [0.25, 0.3) is 0 Å². The molecule has 1 aliphatic heterocycles. The number of rotatable bonds is 1. The second-order valence-electron chi connectivity index (χ2n) is 3.57. The molecular weight excluding hydrogens is 242 g/mol. The minimum atomic E-state index is -0.384. The van der Waals surface area contributed by atoms with Gasteiger partial charge in [0.1, 0.15) is 6.07 Å². The van der Waals surface area contributed by atoms with Gasteiger partial charge in [-0.15, -0.1) is 0 Å². The van der Waals surface area contributed by atoms with Gasteiger partial charge in [0.2, 0.25) is 11.8 Å². The Hall–Kier alpha value is -2.06. The number of halogens is 1. The molecular formula is C11H8ClN3O2. The number of imide groups is 1. The molecule has 6 heteroatoms. The number of piperazine rings is 1. The molecule has 17 heavy (non-hydrogen) atoms. The third kappa shape index (κ3) is 2.22. The minimum Gasteiger partial charge on any atom is -0.352 e. The first kappa shape index (κ1) is 11.4. The number of nitrogens with one attached hydrogen (secondary N) is 1. The number of carbonyl (C=O) groups excluding carboxylic acids is 2. The molecule has 0 atom stereocenters. The van der Waals surface area contributed by atoms with E-state index in [9.17, 15) is 9.59 Å². The van der Waals surface area contributed by atoms with E-state index in [1.165, 1.54) is 4.90 Å². The number of amides is 2. The number of nitriles is 1. The smallest absolute Gasteiger partial charge is 0.246 e. The summed E-state index contributed by atoms with van der Waals surface area (Å²) >= 11 is 5.89. The molecule has 0 unspecified atom stereocenters. The van der Waals surface area contributed by atoms with Crippen LogP contribution in [0.15, 0.2) is 18.2 Å². The normalized spacial score (nSPS) is 15.4. The van der Waals surface area contributed by atoms with Gasteiger partial charge in [-0.2, -0.15) is 5.26 Å². The van der Waals surface area contributed by atoms with Gasteiger partial charge in [0, 0.05) is 0 Å². The number of hydrogen-bond donors (Lipinski definition) is 1. The van der Waals surface area contributed by atoms with Gasteiger partial charge in [-0.25, -0.2) is 0 Å². The number of nitrogens with zero attached hydrogens (tertiary/aromatic N) is 2. The second kappa shape index (κ2) is 4.44. The van der Waals surface area contributed by atoms with Gasteiger partial charge in [0.25, 0.3) is 0 Å². The van der Waals surface area contributed by atoms with Crippen LogP contribution in [0.3, 0.4) is 0 Å². The molecule has 2 rings (SSSR count). The van der Waals surface area contributed by atoms with Gasteiger partial charge in [-0.05, 0) is 12.1 Å². The number of carbonyl (C=O) groups is 2. The van der Waals surface area contributed by atoms with Crippen molar-refractivity contribution < 1.29 is 9.59 Å². The van der Waals surface area contributed by atoms with E-state index in [1.54, 1.807) is 18.2 Å². The van der Waals surface area contributed by atoms with Crippen LogP contribution in [-0.2, 0) is 9.59 Å². The largest absolute Gasteiger partial charge is 0.352 e. The maximum absolute atomic E-state index is 11.3. The molecule has 0 aromatic heterocycles. The van der Waals surface area contributed by atoms with Crippen molar-refractivity contribution in [1.82, 2.24) is 5.32 Å². The summed E-state index contributed by atoms with van der Waals surface area (Å²) in [6.07, 6.45) is 0. The fraction of sp³-hybridized carbons (Fsp3) is 0.182. The predicted molar refractivity (Wildman–Crippen MR) is 61.5 cm³/mol. The average molecular weight is 250 g/mol. The van der Waals surface area contributed by atoms with Crippen LogP contribution in [0.1, 0.15) is 5.56 Å².